The van der Waals surface area contributed by atoms with Crippen molar-refractivity contribution in [1.82, 2.24) is 0 Å². The molecule has 0 unspecified atom stereocenters. The Labute approximate surface area is 98.8 Å². The Bertz CT molecular complexity index is 574. The van der Waals surface area contributed by atoms with Gasteiger partial charge in [-0.15, -0.1) is 11.3 Å². The van der Waals surface area contributed by atoms with Crippen molar-refractivity contribution < 1.29 is 18.0 Å². The van der Waals surface area contributed by atoms with Gasteiger partial charge in [-0.3, -0.25) is 4.79 Å². The van der Waals surface area contributed by atoms with Crippen LogP contribution >= 0.6 is 11.3 Å². The third-order valence-electron chi connectivity index (χ3n) is 2.30. The van der Waals surface area contributed by atoms with Crippen LogP contribution in [0.1, 0.15) is 15.2 Å². The van der Waals surface area contributed by atoms with Gasteiger partial charge in [-0.05, 0) is 29.7 Å². The molecule has 2 aromatic rings. The lowest BCUT2D eigenvalue weighted by atomic mass is 10.1. The summed E-state index contributed by atoms with van der Waals surface area (Å²) < 4.78 is 37.9. The summed E-state index contributed by atoms with van der Waals surface area (Å²) in [7, 11) is 0. The molecule has 0 saturated heterocycles. The van der Waals surface area contributed by atoms with Gasteiger partial charge in [-0.1, -0.05) is 0 Å². The molecule has 0 saturated carbocycles. The van der Waals surface area contributed by atoms with Gasteiger partial charge < -0.3 is 5.73 Å². The highest BCUT2D eigenvalue weighted by molar-refractivity contribution is 7.19. The Balaban J connectivity index is 2.52. The fourth-order valence-corrected chi connectivity index (χ4v) is 2.38. The van der Waals surface area contributed by atoms with E-state index in [1.807, 2.05) is 0 Å². The highest BCUT2D eigenvalue weighted by Gasteiger charge is 2.32. The number of nitrogens with two attached hydrogens (primary N) is 1. The largest absolute Gasteiger partial charge is 0.425 e. The van der Waals surface area contributed by atoms with Crippen LogP contribution in [0.5, 0.6) is 0 Å². The van der Waals surface area contributed by atoms with Crippen molar-refractivity contribution in [3.63, 3.8) is 0 Å². The molecule has 2 N–H and O–H groups in total. The van der Waals surface area contributed by atoms with E-state index in [2.05, 4.69) is 0 Å². The van der Waals surface area contributed by atoms with E-state index in [4.69, 9.17) is 5.73 Å². The molecule has 1 aromatic heterocycles. The van der Waals surface area contributed by atoms with Gasteiger partial charge in [0.15, 0.2) is 5.78 Å². The Hall–Kier alpha value is -1.40. The summed E-state index contributed by atoms with van der Waals surface area (Å²) in [4.78, 5) is 10.7. The van der Waals surface area contributed by atoms with Crippen LogP contribution in [0.2, 0.25) is 0 Å². The summed E-state index contributed by atoms with van der Waals surface area (Å²) in [6.45, 7) is -0.151. The number of Topliss-reactive ketones (excluding diaryl/α,β-unsaturated/α-hetero) is 1. The lowest BCUT2D eigenvalue weighted by molar-refractivity contribution is -0.134. The van der Waals surface area contributed by atoms with Crippen LogP contribution < -0.4 is 5.73 Å². The number of rotatable bonds is 2. The normalized spacial score (nSPS) is 12.0. The summed E-state index contributed by atoms with van der Waals surface area (Å²) >= 11 is 0.665. The second kappa shape index (κ2) is 4.12. The molecule has 17 heavy (non-hydrogen) atoms. The Morgan fingerprint density at radius 2 is 2.00 bits per heavy atom. The number of benzene rings is 1. The molecule has 0 aliphatic carbocycles. The first-order chi connectivity index (χ1) is 7.91. The number of alkyl halides is 3. The molecule has 0 aliphatic heterocycles. The average molecular weight is 259 g/mol. The molecule has 6 heteroatoms. The van der Waals surface area contributed by atoms with Crippen molar-refractivity contribution in [1.29, 1.82) is 0 Å². The first kappa shape index (κ1) is 12.1. The SMILES string of the molecule is NCC(=O)c1ccc2sc(C(F)(F)F)cc2c1. The summed E-state index contributed by atoms with van der Waals surface area (Å²) in [5, 5.41) is 0.418. The Kier molecular flexibility index (Phi) is 2.92. The van der Waals surface area contributed by atoms with Crippen molar-refractivity contribution in [3.05, 3.63) is 34.7 Å². The molecule has 0 atom stereocenters. The predicted molar refractivity (Wildman–Crippen MR) is 60.2 cm³/mol. The third-order valence-corrected chi connectivity index (χ3v) is 3.46. The molecule has 0 bridgehead atoms. The van der Waals surface area contributed by atoms with Crippen LogP contribution in [-0.4, -0.2) is 12.3 Å². The van der Waals surface area contributed by atoms with Crippen LogP contribution in [-0.2, 0) is 6.18 Å². The number of halogens is 3. The molecule has 0 amide bonds. The Morgan fingerprint density at radius 1 is 1.29 bits per heavy atom. The minimum Gasteiger partial charge on any atom is -0.324 e. The summed E-state index contributed by atoms with van der Waals surface area (Å²) in [6.07, 6.45) is -4.35. The van der Waals surface area contributed by atoms with Gasteiger partial charge in [0.05, 0.1) is 6.54 Å². The Morgan fingerprint density at radius 3 is 2.59 bits per heavy atom. The number of hydrogen-bond donors (Lipinski definition) is 1. The van der Waals surface area contributed by atoms with E-state index in [1.54, 1.807) is 0 Å². The molecule has 1 aromatic carbocycles. The fourth-order valence-electron chi connectivity index (χ4n) is 1.47. The van der Waals surface area contributed by atoms with Gasteiger partial charge in [-0.2, -0.15) is 13.2 Å². The standard InChI is InChI=1S/C11H8F3NOS/c12-11(13,14)10-4-7-3-6(8(16)5-15)1-2-9(7)17-10/h1-4H,5,15H2. The van der Waals surface area contributed by atoms with Gasteiger partial charge in [-0.25, -0.2) is 0 Å². The first-order valence-corrected chi connectivity index (χ1v) is 5.57. The van der Waals surface area contributed by atoms with Crippen molar-refractivity contribution in [2.45, 2.75) is 6.18 Å². The van der Waals surface area contributed by atoms with Crippen LogP contribution in [0.4, 0.5) is 13.2 Å². The lowest BCUT2D eigenvalue weighted by Gasteiger charge is -1.99. The van der Waals surface area contributed by atoms with E-state index in [9.17, 15) is 18.0 Å². The smallest absolute Gasteiger partial charge is 0.324 e. The first-order valence-electron chi connectivity index (χ1n) is 4.76. The quantitative estimate of drug-likeness (QED) is 0.842. The van der Waals surface area contributed by atoms with Gasteiger partial charge >= 0.3 is 6.18 Å². The molecule has 0 aliphatic rings. The maximum absolute atomic E-state index is 12.5. The van der Waals surface area contributed by atoms with Gasteiger partial charge in [0, 0.05) is 10.3 Å². The van der Waals surface area contributed by atoms with Gasteiger partial charge in [0.25, 0.3) is 0 Å². The average Bonchev–Trinajstić information content (AvgIpc) is 2.70. The zero-order valence-corrected chi connectivity index (χ0v) is 9.36. The van der Waals surface area contributed by atoms with E-state index < -0.39 is 11.1 Å². The molecule has 1 heterocycles. The summed E-state index contributed by atoms with van der Waals surface area (Å²) in [5.41, 5.74) is 5.54. The maximum atomic E-state index is 12.5. The van der Waals surface area contributed by atoms with Crippen molar-refractivity contribution >= 4 is 27.2 Å². The zero-order chi connectivity index (χ0) is 12.6. The summed E-state index contributed by atoms with van der Waals surface area (Å²) in [6, 6.07) is 5.50. The number of ketones is 1. The molecular formula is C11H8F3NOS. The van der Waals surface area contributed by atoms with E-state index >= 15 is 0 Å². The van der Waals surface area contributed by atoms with Crippen molar-refractivity contribution in [2.75, 3.05) is 6.54 Å². The third kappa shape index (κ3) is 2.32. The monoisotopic (exact) mass is 259 g/mol. The van der Waals surface area contributed by atoms with E-state index in [-0.39, 0.29) is 12.3 Å². The van der Waals surface area contributed by atoms with E-state index in [0.29, 0.717) is 27.0 Å². The number of fused-ring (bicyclic) bond motifs is 1. The molecule has 0 radical (unpaired) electrons. The topological polar surface area (TPSA) is 43.1 Å². The molecule has 90 valence electrons. The van der Waals surface area contributed by atoms with Gasteiger partial charge in [0.2, 0.25) is 0 Å². The number of carbonyl (C=O) groups excluding carboxylic acids is 1. The second-order valence-electron chi connectivity index (χ2n) is 3.49. The fraction of sp³-hybridized carbons (Fsp3) is 0.182. The zero-order valence-electron chi connectivity index (χ0n) is 8.54. The van der Waals surface area contributed by atoms with Crippen molar-refractivity contribution in [2.24, 2.45) is 5.73 Å². The maximum Gasteiger partial charge on any atom is 0.425 e. The molecular weight excluding hydrogens is 251 g/mol. The lowest BCUT2D eigenvalue weighted by Crippen LogP contribution is -2.13. The molecule has 2 rings (SSSR count). The minimum absolute atomic E-state index is 0.151. The highest BCUT2D eigenvalue weighted by Crippen LogP contribution is 2.38. The van der Waals surface area contributed by atoms with Crippen LogP contribution in [0.25, 0.3) is 10.1 Å². The van der Waals surface area contributed by atoms with Crippen LogP contribution in [0.15, 0.2) is 24.3 Å². The number of carbonyl (C=O) groups is 1. The van der Waals surface area contributed by atoms with Gasteiger partial charge in [0.1, 0.15) is 4.88 Å². The van der Waals surface area contributed by atoms with Crippen LogP contribution in [0.3, 0.4) is 0 Å². The molecule has 2 nitrogen and oxygen atoms in total. The van der Waals surface area contributed by atoms with E-state index in [1.165, 1.54) is 18.2 Å². The molecule has 0 fully saturated rings. The van der Waals surface area contributed by atoms with Crippen LogP contribution in [0, 0.1) is 0 Å². The highest BCUT2D eigenvalue weighted by atomic mass is 32.1. The van der Waals surface area contributed by atoms with E-state index in [0.717, 1.165) is 6.07 Å². The number of thiophene rings is 1. The summed E-state index contributed by atoms with van der Waals surface area (Å²) in [5.74, 6) is -0.286. The predicted octanol–water partition coefficient (Wildman–Crippen LogP) is 3.06. The minimum atomic E-state index is -4.35. The number of hydrogen-bond acceptors (Lipinski definition) is 3. The molecule has 0 spiro atoms. The van der Waals surface area contributed by atoms with Crippen molar-refractivity contribution in [3.8, 4) is 0 Å². The second-order valence-corrected chi connectivity index (χ2v) is 4.57.